The molecule has 0 amide bonds. The predicted octanol–water partition coefficient (Wildman–Crippen LogP) is 1.86. The molecule has 17 heavy (non-hydrogen) atoms. The standard InChI is InChI=1S/C10H13N5OS/c1-6(2)9-14-7(16-15-9)5-17-10-8(11)12-3-4-13-10/h3-4,6H,5H2,1-2H3,(H2,11,12). The summed E-state index contributed by atoms with van der Waals surface area (Å²) < 4.78 is 5.12. The first-order valence-corrected chi connectivity index (χ1v) is 6.17. The number of thioether (sulfide) groups is 1. The van der Waals surface area contributed by atoms with Gasteiger partial charge in [-0.2, -0.15) is 4.98 Å². The highest BCUT2D eigenvalue weighted by molar-refractivity contribution is 7.98. The van der Waals surface area contributed by atoms with Crippen molar-refractivity contribution in [2.24, 2.45) is 0 Å². The molecule has 2 rings (SSSR count). The minimum Gasteiger partial charge on any atom is -0.381 e. The molecule has 0 fully saturated rings. The topological polar surface area (TPSA) is 90.7 Å². The van der Waals surface area contributed by atoms with Gasteiger partial charge in [0.25, 0.3) is 0 Å². The van der Waals surface area contributed by atoms with Crippen LogP contribution in [-0.2, 0) is 5.75 Å². The van der Waals surface area contributed by atoms with E-state index in [-0.39, 0.29) is 5.92 Å². The molecular formula is C10H13N5OS. The summed E-state index contributed by atoms with van der Waals surface area (Å²) in [5.41, 5.74) is 5.68. The number of nitrogen functional groups attached to an aromatic ring is 1. The fourth-order valence-corrected chi connectivity index (χ4v) is 1.85. The molecule has 2 aromatic rings. The minimum absolute atomic E-state index is 0.263. The van der Waals surface area contributed by atoms with Gasteiger partial charge in [0, 0.05) is 18.3 Å². The van der Waals surface area contributed by atoms with Gasteiger partial charge in [-0.1, -0.05) is 30.8 Å². The highest BCUT2D eigenvalue weighted by Crippen LogP contribution is 2.23. The molecule has 2 N–H and O–H groups in total. The maximum Gasteiger partial charge on any atom is 0.237 e. The molecule has 7 heteroatoms. The number of anilines is 1. The van der Waals surface area contributed by atoms with E-state index in [1.54, 1.807) is 12.4 Å². The average molecular weight is 251 g/mol. The second kappa shape index (κ2) is 5.13. The van der Waals surface area contributed by atoms with E-state index >= 15 is 0 Å². The molecule has 0 atom stereocenters. The van der Waals surface area contributed by atoms with Crippen LogP contribution < -0.4 is 5.73 Å². The van der Waals surface area contributed by atoms with Gasteiger partial charge in [0.2, 0.25) is 5.89 Å². The van der Waals surface area contributed by atoms with Crippen molar-refractivity contribution in [3.8, 4) is 0 Å². The van der Waals surface area contributed by atoms with Crippen molar-refractivity contribution in [2.75, 3.05) is 5.73 Å². The lowest BCUT2D eigenvalue weighted by Gasteiger charge is -1.99. The van der Waals surface area contributed by atoms with E-state index < -0.39 is 0 Å². The number of aromatic nitrogens is 4. The second-order valence-corrected chi connectivity index (χ2v) is 4.70. The molecular weight excluding hydrogens is 238 g/mol. The Hall–Kier alpha value is -1.63. The minimum atomic E-state index is 0.263. The van der Waals surface area contributed by atoms with E-state index in [1.165, 1.54) is 11.8 Å². The Morgan fingerprint density at radius 1 is 1.35 bits per heavy atom. The number of rotatable bonds is 4. The maximum absolute atomic E-state index is 5.68. The quantitative estimate of drug-likeness (QED) is 0.829. The lowest BCUT2D eigenvalue weighted by molar-refractivity contribution is 0.383. The Morgan fingerprint density at radius 3 is 2.76 bits per heavy atom. The van der Waals surface area contributed by atoms with Crippen LogP contribution in [0.5, 0.6) is 0 Å². The van der Waals surface area contributed by atoms with Crippen LogP contribution in [0.4, 0.5) is 5.82 Å². The third kappa shape index (κ3) is 2.94. The molecule has 6 nitrogen and oxygen atoms in total. The smallest absolute Gasteiger partial charge is 0.237 e. The summed E-state index contributed by atoms with van der Waals surface area (Å²) in [6, 6.07) is 0. The van der Waals surface area contributed by atoms with Gasteiger partial charge in [-0.15, -0.1) is 0 Å². The summed E-state index contributed by atoms with van der Waals surface area (Å²) >= 11 is 1.43. The van der Waals surface area contributed by atoms with Gasteiger partial charge in [-0.05, 0) is 0 Å². The summed E-state index contributed by atoms with van der Waals surface area (Å²) in [6.07, 6.45) is 3.16. The largest absolute Gasteiger partial charge is 0.381 e. The fourth-order valence-electron chi connectivity index (χ4n) is 1.14. The summed E-state index contributed by atoms with van der Waals surface area (Å²) in [5, 5.41) is 4.56. The summed E-state index contributed by atoms with van der Waals surface area (Å²) in [4.78, 5) is 12.3. The zero-order chi connectivity index (χ0) is 12.3. The van der Waals surface area contributed by atoms with Crippen LogP contribution in [0.15, 0.2) is 21.9 Å². The molecule has 0 aliphatic rings. The monoisotopic (exact) mass is 251 g/mol. The van der Waals surface area contributed by atoms with Crippen LogP contribution >= 0.6 is 11.8 Å². The third-order valence-electron chi connectivity index (χ3n) is 2.02. The highest BCUT2D eigenvalue weighted by atomic mass is 32.2. The lowest BCUT2D eigenvalue weighted by atomic mass is 10.2. The summed E-state index contributed by atoms with van der Waals surface area (Å²) in [5.74, 6) is 2.51. The van der Waals surface area contributed by atoms with Gasteiger partial charge < -0.3 is 10.3 Å². The Bertz CT molecular complexity index is 499. The Labute approximate surface area is 103 Å². The zero-order valence-electron chi connectivity index (χ0n) is 9.62. The van der Waals surface area contributed by atoms with Crippen LogP contribution in [0.25, 0.3) is 0 Å². The van der Waals surface area contributed by atoms with Gasteiger partial charge in [0.15, 0.2) is 11.6 Å². The van der Waals surface area contributed by atoms with Gasteiger partial charge in [0.05, 0.1) is 5.75 Å². The van der Waals surface area contributed by atoms with Gasteiger partial charge in [0.1, 0.15) is 5.03 Å². The fraction of sp³-hybridized carbons (Fsp3) is 0.400. The number of nitrogens with two attached hydrogens (primary N) is 1. The molecule has 2 aromatic heterocycles. The normalized spacial score (nSPS) is 11.0. The molecule has 90 valence electrons. The molecule has 0 spiro atoms. The van der Waals surface area contributed by atoms with Crippen LogP contribution in [0.1, 0.15) is 31.5 Å². The van der Waals surface area contributed by atoms with E-state index in [2.05, 4.69) is 20.1 Å². The van der Waals surface area contributed by atoms with Crippen LogP contribution in [-0.4, -0.2) is 20.1 Å². The summed E-state index contributed by atoms with van der Waals surface area (Å²) in [6.45, 7) is 4.03. The Balaban J connectivity index is 2.00. The van der Waals surface area contributed by atoms with Crippen molar-refractivity contribution in [1.29, 1.82) is 0 Å². The van der Waals surface area contributed by atoms with Crippen LogP contribution in [0.2, 0.25) is 0 Å². The molecule has 0 radical (unpaired) electrons. The van der Waals surface area contributed by atoms with Gasteiger partial charge >= 0.3 is 0 Å². The van der Waals surface area contributed by atoms with E-state index in [4.69, 9.17) is 10.3 Å². The molecule has 0 saturated carbocycles. The molecule has 2 heterocycles. The third-order valence-corrected chi connectivity index (χ3v) is 3.00. The van der Waals surface area contributed by atoms with Gasteiger partial charge in [-0.25, -0.2) is 9.97 Å². The van der Waals surface area contributed by atoms with E-state index in [0.717, 1.165) is 0 Å². The zero-order valence-corrected chi connectivity index (χ0v) is 10.4. The first-order chi connectivity index (χ1) is 8.16. The first kappa shape index (κ1) is 11.8. The van der Waals surface area contributed by atoms with Gasteiger partial charge in [-0.3, -0.25) is 0 Å². The van der Waals surface area contributed by atoms with Crippen molar-refractivity contribution < 1.29 is 4.52 Å². The lowest BCUT2D eigenvalue weighted by Crippen LogP contribution is -1.95. The van der Waals surface area contributed by atoms with Crippen molar-refractivity contribution in [3.63, 3.8) is 0 Å². The van der Waals surface area contributed by atoms with Crippen LogP contribution in [0, 0.1) is 0 Å². The number of hydrogen-bond acceptors (Lipinski definition) is 7. The van der Waals surface area contributed by atoms with Crippen molar-refractivity contribution in [1.82, 2.24) is 20.1 Å². The average Bonchev–Trinajstić information content (AvgIpc) is 2.77. The van der Waals surface area contributed by atoms with E-state index in [1.807, 2.05) is 13.8 Å². The van der Waals surface area contributed by atoms with Crippen molar-refractivity contribution in [2.45, 2.75) is 30.5 Å². The molecule has 0 aliphatic heterocycles. The summed E-state index contributed by atoms with van der Waals surface area (Å²) in [7, 11) is 0. The van der Waals surface area contributed by atoms with Crippen LogP contribution in [0.3, 0.4) is 0 Å². The Kier molecular flexibility index (Phi) is 3.58. The molecule has 0 bridgehead atoms. The van der Waals surface area contributed by atoms with Crippen molar-refractivity contribution in [3.05, 3.63) is 24.1 Å². The molecule has 0 saturated heterocycles. The Morgan fingerprint density at radius 2 is 2.12 bits per heavy atom. The number of hydrogen-bond donors (Lipinski definition) is 1. The predicted molar refractivity (Wildman–Crippen MR) is 64.4 cm³/mol. The van der Waals surface area contributed by atoms with E-state index in [0.29, 0.717) is 28.3 Å². The number of nitrogens with zero attached hydrogens (tertiary/aromatic N) is 4. The first-order valence-electron chi connectivity index (χ1n) is 5.18. The van der Waals surface area contributed by atoms with E-state index in [9.17, 15) is 0 Å². The molecule has 0 aliphatic carbocycles. The SMILES string of the molecule is CC(C)c1noc(CSc2nccnc2N)n1. The highest BCUT2D eigenvalue weighted by Gasteiger charge is 2.11. The maximum atomic E-state index is 5.68. The molecule has 0 aromatic carbocycles. The molecule has 0 unspecified atom stereocenters. The second-order valence-electron chi connectivity index (χ2n) is 3.74. The van der Waals surface area contributed by atoms with Crippen molar-refractivity contribution >= 4 is 17.6 Å².